The first-order valence-electron chi connectivity index (χ1n) is 6.87. The Morgan fingerprint density at radius 1 is 0.895 bits per heavy atom. The van der Waals surface area contributed by atoms with Gasteiger partial charge in [-0.15, -0.1) is 0 Å². The first-order valence-corrected chi connectivity index (χ1v) is 6.87. The van der Waals surface area contributed by atoms with E-state index < -0.39 is 0 Å². The van der Waals surface area contributed by atoms with Crippen molar-refractivity contribution >= 4 is 0 Å². The Balaban J connectivity index is 2.19. The standard InChI is InChI=1S/C17H22N2/c1-2-13(12-18)17(19)16-10-8-15(9-11-16)14-6-4-3-5-7-14/h3-11,13,17H,2,12,18-19H2,1H3. The van der Waals surface area contributed by atoms with Crippen LogP contribution in [0.4, 0.5) is 0 Å². The van der Waals surface area contributed by atoms with E-state index in [-0.39, 0.29) is 6.04 Å². The molecule has 0 saturated carbocycles. The van der Waals surface area contributed by atoms with Gasteiger partial charge in [-0.1, -0.05) is 67.9 Å². The van der Waals surface area contributed by atoms with Gasteiger partial charge in [0.15, 0.2) is 0 Å². The van der Waals surface area contributed by atoms with Gasteiger partial charge in [0.1, 0.15) is 0 Å². The fourth-order valence-electron chi connectivity index (χ4n) is 2.37. The predicted octanol–water partition coefficient (Wildman–Crippen LogP) is 3.34. The van der Waals surface area contributed by atoms with Crippen molar-refractivity contribution in [3.8, 4) is 11.1 Å². The topological polar surface area (TPSA) is 52.0 Å². The zero-order chi connectivity index (χ0) is 13.7. The van der Waals surface area contributed by atoms with Crippen LogP contribution in [0.25, 0.3) is 11.1 Å². The Labute approximate surface area is 115 Å². The van der Waals surface area contributed by atoms with E-state index in [0.717, 1.165) is 12.0 Å². The molecule has 0 heterocycles. The average Bonchev–Trinajstić information content (AvgIpc) is 2.49. The summed E-state index contributed by atoms with van der Waals surface area (Å²) in [7, 11) is 0. The van der Waals surface area contributed by atoms with Gasteiger partial charge in [0, 0.05) is 6.04 Å². The lowest BCUT2D eigenvalue weighted by Crippen LogP contribution is -2.27. The lowest BCUT2D eigenvalue weighted by Gasteiger charge is -2.21. The molecule has 0 saturated heterocycles. The van der Waals surface area contributed by atoms with E-state index in [1.54, 1.807) is 0 Å². The summed E-state index contributed by atoms with van der Waals surface area (Å²) >= 11 is 0. The minimum Gasteiger partial charge on any atom is -0.330 e. The molecule has 2 rings (SSSR count). The fraction of sp³-hybridized carbons (Fsp3) is 0.294. The van der Waals surface area contributed by atoms with Crippen molar-refractivity contribution in [2.45, 2.75) is 19.4 Å². The van der Waals surface area contributed by atoms with E-state index in [1.165, 1.54) is 11.1 Å². The van der Waals surface area contributed by atoms with Crippen molar-refractivity contribution in [1.82, 2.24) is 0 Å². The molecule has 0 fully saturated rings. The Kier molecular flexibility index (Phi) is 4.72. The highest BCUT2D eigenvalue weighted by Gasteiger charge is 2.16. The van der Waals surface area contributed by atoms with Crippen molar-refractivity contribution in [3.63, 3.8) is 0 Å². The Morgan fingerprint density at radius 2 is 1.47 bits per heavy atom. The summed E-state index contributed by atoms with van der Waals surface area (Å²) < 4.78 is 0. The van der Waals surface area contributed by atoms with Gasteiger partial charge in [-0.3, -0.25) is 0 Å². The molecule has 100 valence electrons. The van der Waals surface area contributed by atoms with Crippen LogP contribution in [0.2, 0.25) is 0 Å². The summed E-state index contributed by atoms with van der Waals surface area (Å²) in [6.45, 7) is 2.77. The quantitative estimate of drug-likeness (QED) is 0.859. The molecule has 0 aromatic heterocycles. The van der Waals surface area contributed by atoms with Gasteiger partial charge in [0.05, 0.1) is 0 Å². The van der Waals surface area contributed by atoms with Crippen molar-refractivity contribution in [2.75, 3.05) is 6.54 Å². The van der Waals surface area contributed by atoms with Crippen LogP contribution in [0.3, 0.4) is 0 Å². The van der Waals surface area contributed by atoms with E-state index >= 15 is 0 Å². The molecule has 0 aliphatic heterocycles. The molecule has 4 N–H and O–H groups in total. The molecule has 0 amide bonds. The SMILES string of the molecule is CCC(CN)C(N)c1ccc(-c2ccccc2)cc1. The highest BCUT2D eigenvalue weighted by atomic mass is 14.7. The highest BCUT2D eigenvalue weighted by molar-refractivity contribution is 5.63. The molecule has 2 atom stereocenters. The van der Waals surface area contributed by atoms with Crippen LogP contribution >= 0.6 is 0 Å². The van der Waals surface area contributed by atoms with Crippen LogP contribution < -0.4 is 11.5 Å². The summed E-state index contributed by atoms with van der Waals surface area (Å²) in [6.07, 6.45) is 1.01. The van der Waals surface area contributed by atoms with E-state index in [1.807, 2.05) is 6.07 Å². The van der Waals surface area contributed by atoms with E-state index in [9.17, 15) is 0 Å². The minimum atomic E-state index is 0.0276. The number of hydrogen-bond donors (Lipinski definition) is 2. The number of hydrogen-bond acceptors (Lipinski definition) is 2. The molecule has 19 heavy (non-hydrogen) atoms. The Morgan fingerprint density at radius 3 is 2.00 bits per heavy atom. The second-order valence-corrected chi connectivity index (χ2v) is 4.92. The van der Waals surface area contributed by atoms with Gasteiger partial charge in [-0.05, 0) is 29.2 Å². The Bertz CT molecular complexity index is 486. The zero-order valence-electron chi connectivity index (χ0n) is 11.4. The van der Waals surface area contributed by atoms with E-state index in [0.29, 0.717) is 12.5 Å². The number of nitrogens with two attached hydrogens (primary N) is 2. The maximum atomic E-state index is 6.27. The van der Waals surface area contributed by atoms with Crippen molar-refractivity contribution < 1.29 is 0 Å². The van der Waals surface area contributed by atoms with Gasteiger partial charge in [0.25, 0.3) is 0 Å². The molecule has 0 bridgehead atoms. The molecule has 0 radical (unpaired) electrons. The third kappa shape index (κ3) is 3.22. The third-order valence-corrected chi connectivity index (χ3v) is 3.74. The molecule has 2 heteroatoms. The van der Waals surface area contributed by atoms with E-state index in [2.05, 4.69) is 55.5 Å². The minimum absolute atomic E-state index is 0.0276. The van der Waals surface area contributed by atoms with Gasteiger partial charge in [-0.25, -0.2) is 0 Å². The zero-order valence-corrected chi connectivity index (χ0v) is 11.4. The molecule has 2 aromatic rings. The first-order chi connectivity index (χ1) is 9.26. The van der Waals surface area contributed by atoms with Gasteiger partial charge in [0.2, 0.25) is 0 Å². The summed E-state index contributed by atoms with van der Waals surface area (Å²) in [5.41, 5.74) is 15.6. The lowest BCUT2D eigenvalue weighted by atomic mass is 9.91. The molecular formula is C17H22N2. The van der Waals surface area contributed by atoms with Crippen molar-refractivity contribution in [1.29, 1.82) is 0 Å². The Hall–Kier alpha value is -1.64. The summed E-state index contributed by atoms with van der Waals surface area (Å²) in [4.78, 5) is 0. The van der Waals surface area contributed by atoms with Crippen LogP contribution in [0.15, 0.2) is 54.6 Å². The monoisotopic (exact) mass is 254 g/mol. The maximum Gasteiger partial charge on any atom is 0.0335 e. The predicted molar refractivity (Wildman–Crippen MR) is 81.6 cm³/mol. The number of rotatable bonds is 5. The average molecular weight is 254 g/mol. The molecule has 2 aromatic carbocycles. The van der Waals surface area contributed by atoms with Crippen LogP contribution in [0, 0.1) is 5.92 Å². The number of benzene rings is 2. The van der Waals surface area contributed by atoms with Gasteiger partial charge >= 0.3 is 0 Å². The fourth-order valence-corrected chi connectivity index (χ4v) is 2.37. The van der Waals surface area contributed by atoms with Gasteiger partial charge in [-0.2, -0.15) is 0 Å². The molecule has 0 aliphatic rings. The second kappa shape index (κ2) is 6.50. The van der Waals surface area contributed by atoms with Crippen molar-refractivity contribution in [2.24, 2.45) is 17.4 Å². The van der Waals surface area contributed by atoms with Crippen LogP contribution in [0.1, 0.15) is 24.9 Å². The largest absolute Gasteiger partial charge is 0.330 e. The third-order valence-electron chi connectivity index (χ3n) is 3.74. The molecule has 2 unspecified atom stereocenters. The lowest BCUT2D eigenvalue weighted by molar-refractivity contribution is 0.428. The first kappa shape index (κ1) is 13.8. The molecule has 0 spiro atoms. The van der Waals surface area contributed by atoms with Crippen LogP contribution in [0.5, 0.6) is 0 Å². The van der Waals surface area contributed by atoms with Gasteiger partial charge < -0.3 is 11.5 Å². The smallest absolute Gasteiger partial charge is 0.0335 e. The van der Waals surface area contributed by atoms with E-state index in [4.69, 9.17) is 11.5 Å². The van der Waals surface area contributed by atoms with Crippen LogP contribution in [-0.2, 0) is 0 Å². The molecular weight excluding hydrogens is 232 g/mol. The van der Waals surface area contributed by atoms with Crippen molar-refractivity contribution in [3.05, 3.63) is 60.2 Å². The van der Waals surface area contributed by atoms with Crippen LogP contribution in [-0.4, -0.2) is 6.54 Å². The second-order valence-electron chi connectivity index (χ2n) is 4.92. The molecule has 2 nitrogen and oxygen atoms in total. The summed E-state index contributed by atoms with van der Waals surface area (Å²) in [5, 5.41) is 0. The summed E-state index contributed by atoms with van der Waals surface area (Å²) in [6, 6.07) is 18.9. The maximum absolute atomic E-state index is 6.27. The normalized spacial score (nSPS) is 14.1. The highest BCUT2D eigenvalue weighted by Crippen LogP contribution is 2.25. The summed E-state index contributed by atoms with van der Waals surface area (Å²) in [5.74, 6) is 0.350. The molecule has 0 aliphatic carbocycles.